The van der Waals surface area contributed by atoms with Gasteiger partial charge in [-0.1, -0.05) is 43.1 Å². The van der Waals surface area contributed by atoms with Crippen molar-refractivity contribution in [1.82, 2.24) is 5.32 Å². The van der Waals surface area contributed by atoms with Crippen LogP contribution in [0.1, 0.15) is 19.4 Å². The second kappa shape index (κ2) is 7.36. The molecule has 1 aromatic rings. The van der Waals surface area contributed by atoms with Crippen LogP contribution in [0.4, 0.5) is 0 Å². The summed E-state index contributed by atoms with van der Waals surface area (Å²) >= 11 is 11.7. The Kier molecular flexibility index (Phi) is 6.12. The summed E-state index contributed by atoms with van der Waals surface area (Å²) in [7, 11) is 0. The largest absolute Gasteiger partial charge is 0.455 e. The van der Waals surface area contributed by atoms with E-state index in [0.29, 0.717) is 10.0 Å². The molecular formula is C13H15Cl2NO3. The predicted octanol–water partition coefficient (Wildman–Crippen LogP) is 2.81. The summed E-state index contributed by atoms with van der Waals surface area (Å²) in [4.78, 5) is 22.6. The number of esters is 1. The van der Waals surface area contributed by atoms with Crippen LogP contribution in [0, 0.1) is 5.92 Å². The molecule has 0 atom stereocenters. The lowest BCUT2D eigenvalue weighted by Crippen LogP contribution is -2.29. The normalized spacial score (nSPS) is 10.4. The van der Waals surface area contributed by atoms with Crippen molar-refractivity contribution < 1.29 is 14.3 Å². The molecule has 0 saturated heterocycles. The molecule has 0 bridgehead atoms. The third-order valence-corrected chi connectivity index (χ3v) is 2.89. The number of hydrogen-bond donors (Lipinski definition) is 1. The monoisotopic (exact) mass is 303 g/mol. The van der Waals surface area contributed by atoms with Gasteiger partial charge in [-0.05, 0) is 17.7 Å². The summed E-state index contributed by atoms with van der Waals surface area (Å²) in [6.07, 6.45) is 0. The lowest BCUT2D eigenvalue weighted by molar-refractivity contribution is -0.151. The zero-order chi connectivity index (χ0) is 14.4. The number of hydrogen-bond acceptors (Lipinski definition) is 3. The topological polar surface area (TPSA) is 55.4 Å². The molecule has 0 radical (unpaired) electrons. The highest BCUT2D eigenvalue weighted by Gasteiger charge is 2.11. The highest BCUT2D eigenvalue weighted by molar-refractivity contribution is 6.35. The number of ether oxygens (including phenoxy) is 1. The Labute approximate surface area is 122 Å². The lowest BCUT2D eigenvalue weighted by atomic mass is 10.2. The van der Waals surface area contributed by atoms with Crippen molar-refractivity contribution >= 4 is 35.1 Å². The Morgan fingerprint density at radius 2 is 2.00 bits per heavy atom. The number of carbonyl (C=O) groups is 2. The quantitative estimate of drug-likeness (QED) is 0.851. The van der Waals surface area contributed by atoms with E-state index in [2.05, 4.69) is 5.32 Å². The minimum Gasteiger partial charge on any atom is -0.455 e. The van der Waals surface area contributed by atoms with Crippen LogP contribution in [0.5, 0.6) is 0 Å². The van der Waals surface area contributed by atoms with Gasteiger partial charge in [-0.2, -0.15) is 0 Å². The van der Waals surface area contributed by atoms with Gasteiger partial charge in [0.05, 0.1) is 5.92 Å². The van der Waals surface area contributed by atoms with Crippen LogP contribution < -0.4 is 5.32 Å². The van der Waals surface area contributed by atoms with Gasteiger partial charge in [0, 0.05) is 16.6 Å². The molecule has 104 valence electrons. The number of amides is 1. The summed E-state index contributed by atoms with van der Waals surface area (Å²) in [5.74, 6) is -1.03. The first-order chi connectivity index (χ1) is 8.90. The van der Waals surface area contributed by atoms with Crippen LogP contribution in [-0.2, 0) is 20.9 Å². The van der Waals surface area contributed by atoms with Crippen molar-refractivity contribution in [3.63, 3.8) is 0 Å². The van der Waals surface area contributed by atoms with Gasteiger partial charge in [0.2, 0.25) is 0 Å². The second-order valence-corrected chi connectivity index (χ2v) is 5.12. The van der Waals surface area contributed by atoms with Crippen LogP contribution >= 0.6 is 23.2 Å². The van der Waals surface area contributed by atoms with Crippen molar-refractivity contribution in [2.75, 3.05) is 6.61 Å². The maximum absolute atomic E-state index is 11.5. The Balaban J connectivity index is 2.40. The number of benzene rings is 1. The van der Waals surface area contributed by atoms with Gasteiger partial charge in [0.15, 0.2) is 6.61 Å². The molecule has 0 aliphatic rings. The van der Waals surface area contributed by atoms with Crippen molar-refractivity contribution in [3.8, 4) is 0 Å². The first-order valence-electron chi connectivity index (χ1n) is 5.77. The maximum Gasteiger partial charge on any atom is 0.308 e. The van der Waals surface area contributed by atoms with E-state index in [0.717, 1.165) is 5.56 Å². The molecule has 6 heteroatoms. The van der Waals surface area contributed by atoms with Gasteiger partial charge in [0.25, 0.3) is 5.91 Å². The maximum atomic E-state index is 11.5. The Bertz CT molecular complexity index is 475. The minimum absolute atomic E-state index is 0.251. The van der Waals surface area contributed by atoms with E-state index >= 15 is 0 Å². The van der Waals surface area contributed by atoms with Crippen LogP contribution in [0.2, 0.25) is 10.0 Å². The first-order valence-corrected chi connectivity index (χ1v) is 6.53. The van der Waals surface area contributed by atoms with E-state index in [-0.39, 0.29) is 25.0 Å². The number of carbonyl (C=O) groups excluding carboxylic acids is 2. The van der Waals surface area contributed by atoms with Crippen LogP contribution in [-0.4, -0.2) is 18.5 Å². The fourth-order valence-corrected chi connectivity index (χ4v) is 1.69. The average Bonchev–Trinajstić information content (AvgIpc) is 2.34. The Morgan fingerprint density at radius 3 is 2.58 bits per heavy atom. The molecule has 0 heterocycles. The van der Waals surface area contributed by atoms with Crippen LogP contribution in [0.15, 0.2) is 18.2 Å². The fourth-order valence-electron chi connectivity index (χ4n) is 1.21. The molecule has 0 aliphatic heterocycles. The lowest BCUT2D eigenvalue weighted by Gasteiger charge is -2.09. The molecule has 19 heavy (non-hydrogen) atoms. The van der Waals surface area contributed by atoms with Gasteiger partial charge >= 0.3 is 5.97 Å². The summed E-state index contributed by atoms with van der Waals surface area (Å²) < 4.78 is 4.80. The van der Waals surface area contributed by atoms with E-state index in [4.69, 9.17) is 27.9 Å². The van der Waals surface area contributed by atoms with Crippen molar-refractivity contribution in [1.29, 1.82) is 0 Å². The van der Waals surface area contributed by atoms with E-state index < -0.39 is 5.97 Å². The molecule has 0 saturated carbocycles. The minimum atomic E-state index is -0.403. The third kappa shape index (κ3) is 5.49. The van der Waals surface area contributed by atoms with E-state index in [9.17, 15) is 9.59 Å². The zero-order valence-electron chi connectivity index (χ0n) is 10.7. The highest BCUT2D eigenvalue weighted by atomic mass is 35.5. The number of rotatable bonds is 5. The van der Waals surface area contributed by atoms with Gasteiger partial charge < -0.3 is 10.1 Å². The molecule has 0 fully saturated rings. The van der Waals surface area contributed by atoms with Gasteiger partial charge in [-0.25, -0.2) is 0 Å². The molecule has 1 amide bonds. The van der Waals surface area contributed by atoms with E-state index in [1.165, 1.54) is 0 Å². The molecule has 1 N–H and O–H groups in total. The Morgan fingerprint density at radius 1 is 1.32 bits per heavy atom. The average molecular weight is 304 g/mol. The van der Waals surface area contributed by atoms with Crippen molar-refractivity contribution in [3.05, 3.63) is 33.8 Å². The Hall–Kier alpha value is -1.26. The molecule has 1 aromatic carbocycles. The molecule has 0 aromatic heterocycles. The van der Waals surface area contributed by atoms with E-state index in [1.807, 2.05) is 0 Å². The number of nitrogens with one attached hydrogen (secondary N) is 1. The highest BCUT2D eigenvalue weighted by Crippen LogP contribution is 2.20. The standard InChI is InChI=1S/C13H15Cl2NO3/c1-8(2)13(18)19-7-12(17)16-6-9-3-4-10(14)5-11(9)15/h3-5,8H,6-7H2,1-2H3,(H,16,17). The fraction of sp³-hybridized carbons (Fsp3) is 0.385. The molecule has 0 spiro atoms. The molecular weight excluding hydrogens is 289 g/mol. The van der Waals surface area contributed by atoms with Crippen LogP contribution in [0.3, 0.4) is 0 Å². The number of halogens is 2. The van der Waals surface area contributed by atoms with Gasteiger partial charge in [-0.3, -0.25) is 9.59 Å². The summed E-state index contributed by atoms with van der Waals surface area (Å²) in [6.45, 7) is 3.37. The van der Waals surface area contributed by atoms with Crippen molar-refractivity contribution in [2.45, 2.75) is 20.4 Å². The molecule has 4 nitrogen and oxygen atoms in total. The zero-order valence-corrected chi connectivity index (χ0v) is 12.2. The van der Waals surface area contributed by atoms with Crippen molar-refractivity contribution in [2.24, 2.45) is 5.92 Å². The smallest absolute Gasteiger partial charge is 0.308 e. The van der Waals surface area contributed by atoms with Gasteiger partial charge in [-0.15, -0.1) is 0 Å². The first kappa shape index (κ1) is 15.8. The summed E-state index contributed by atoms with van der Waals surface area (Å²) in [5, 5.41) is 3.62. The van der Waals surface area contributed by atoms with E-state index in [1.54, 1.807) is 32.0 Å². The molecule has 1 rings (SSSR count). The second-order valence-electron chi connectivity index (χ2n) is 4.27. The third-order valence-electron chi connectivity index (χ3n) is 2.31. The molecule has 0 aliphatic carbocycles. The summed E-state index contributed by atoms with van der Waals surface area (Å²) in [6, 6.07) is 5.02. The van der Waals surface area contributed by atoms with Gasteiger partial charge in [0.1, 0.15) is 0 Å². The molecule has 0 unspecified atom stereocenters. The summed E-state index contributed by atoms with van der Waals surface area (Å²) in [5.41, 5.74) is 0.745. The SMILES string of the molecule is CC(C)C(=O)OCC(=O)NCc1ccc(Cl)cc1Cl. The van der Waals surface area contributed by atoms with Crippen LogP contribution in [0.25, 0.3) is 0 Å². The predicted molar refractivity (Wildman–Crippen MR) is 74.1 cm³/mol.